The van der Waals surface area contributed by atoms with Crippen LogP contribution in [-0.4, -0.2) is 30.3 Å². The van der Waals surface area contributed by atoms with Crippen LogP contribution >= 0.6 is 11.8 Å². The molecule has 1 aliphatic rings. The number of thioether (sulfide) groups is 1. The number of rotatable bonds is 6. The predicted molar refractivity (Wildman–Crippen MR) is 121 cm³/mol. The smallest absolute Gasteiger partial charge is 0.323 e. The third-order valence-electron chi connectivity index (χ3n) is 4.92. The van der Waals surface area contributed by atoms with Gasteiger partial charge >= 0.3 is 6.03 Å². The van der Waals surface area contributed by atoms with E-state index in [2.05, 4.69) is 5.32 Å². The normalized spacial score (nSPS) is 15.6. The van der Waals surface area contributed by atoms with Crippen LogP contribution in [0.1, 0.15) is 16.5 Å². The number of urea groups is 1. The van der Waals surface area contributed by atoms with Gasteiger partial charge in [-0.3, -0.25) is 0 Å². The molecule has 0 unspecified atom stereocenters. The van der Waals surface area contributed by atoms with Gasteiger partial charge in [-0.15, -0.1) is 11.8 Å². The standard InChI is InChI=1S/C24H24N2O3S/c1-28-20-13-11-19(12-14-20)25-24(27)26-15-16-30-23(26)21-9-5-6-10-22(21)29-17-18-7-3-2-4-8-18/h2-14,23H,15-17H2,1H3,(H,25,27)/t23-/m0/s1. The number of amides is 2. The Morgan fingerprint density at radius 2 is 1.77 bits per heavy atom. The van der Waals surface area contributed by atoms with Crippen LogP contribution in [0.15, 0.2) is 78.9 Å². The summed E-state index contributed by atoms with van der Waals surface area (Å²) in [6.07, 6.45) is 0. The number of benzene rings is 3. The zero-order valence-electron chi connectivity index (χ0n) is 16.8. The van der Waals surface area contributed by atoms with E-state index in [0.717, 1.165) is 34.1 Å². The van der Waals surface area contributed by atoms with E-state index >= 15 is 0 Å². The predicted octanol–water partition coefficient (Wildman–Crippen LogP) is 5.55. The molecule has 30 heavy (non-hydrogen) atoms. The minimum Gasteiger partial charge on any atom is -0.497 e. The summed E-state index contributed by atoms with van der Waals surface area (Å²) in [6, 6.07) is 25.3. The van der Waals surface area contributed by atoms with E-state index in [1.54, 1.807) is 18.9 Å². The molecule has 0 spiro atoms. The lowest BCUT2D eigenvalue weighted by molar-refractivity contribution is 0.213. The van der Waals surface area contributed by atoms with Crippen molar-refractivity contribution >= 4 is 23.5 Å². The van der Waals surface area contributed by atoms with Crippen molar-refractivity contribution < 1.29 is 14.3 Å². The number of anilines is 1. The van der Waals surface area contributed by atoms with E-state index < -0.39 is 0 Å². The Hall–Kier alpha value is -3.12. The van der Waals surface area contributed by atoms with Crippen LogP contribution in [-0.2, 0) is 6.61 Å². The van der Waals surface area contributed by atoms with Gasteiger partial charge in [-0.05, 0) is 35.9 Å². The highest BCUT2D eigenvalue weighted by molar-refractivity contribution is 7.99. The molecule has 3 aromatic carbocycles. The molecule has 1 heterocycles. The molecule has 1 aliphatic heterocycles. The Kier molecular flexibility index (Phi) is 6.44. The monoisotopic (exact) mass is 420 g/mol. The summed E-state index contributed by atoms with van der Waals surface area (Å²) >= 11 is 1.75. The minimum absolute atomic E-state index is 0.0878. The van der Waals surface area contributed by atoms with Gasteiger partial charge in [0.1, 0.15) is 23.5 Å². The number of methoxy groups -OCH3 is 1. The van der Waals surface area contributed by atoms with Crippen molar-refractivity contribution in [3.63, 3.8) is 0 Å². The van der Waals surface area contributed by atoms with Crippen molar-refractivity contribution in [2.24, 2.45) is 0 Å². The largest absolute Gasteiger partial charge is 0.497 e. The molecule has 154 valence electrons. The number of nitrogens with zero attached hydrogens (tertiary/aromatic N) is 1. The third kappa shape index (κ3) is 4.71. The van der Waals surface area contributed by atoms with Crippen molar-refractivity contribution in [2.45, 2.75) is 12.0 Å². The summed E-state index contributed by atoms with van der Waals surface area (Å²) in [5.74, 6) is 2.45. The lowest BCUT2D eigenvalue weighted by Crippen LogP contribution is -2.34. The zero-order chi connectivity index (χ0) is 20.8. The second-order valence-electron chi connectivity index (χ2n) is 6.89. The Morgan fingerprint density at radius 3 is 2.53 bits per heavy atom. The van der Waals surface area contributed by atoms with Gasteiger partial charge in [-0.2, -0.15) is 0 Å². The number of ether oxygens (including phenoxy) is 2. The van der Waals surface area contributed by atoms with Crippen molar-refractivity contribution in [3.8, 4) is 11.5 Å². The second-order valence-corrected chi connectivity index (χ2v) is 8.08. The fourth-order valence-corrected chi connectivity index (χ4v) is 4.64. The van der Waals surface area contributed by atoms with Crippen LogP contribution in [0.3, 0.4) is 0 Å². The van der Waals surface area contributed by atoms with Crippen molar-refractivity contribution in [1.29, 1.82) is 0 Å². The van der Waals surface area contributed by atoms with Crippen molar-refractivity contribution in [3.05, 3.63) is 90.0 Å². The minimum atomic E-state index is -0.118. The van der Waals surface area contributed by atoms with Gasteiger partial charge in [0.25, 0.3) is 0 Å². The first-order valence-electron chi connectivity index (χ1n) is 9.83. The number of para-hydroxylation sites is 1. The molecule has 0 bridgehead atoms. The summed E-state index contributed by atoms with van der Waals surface area (Å²) in [5.41, 5.74) is 2.87. The molecular weight excluding hydrogens is 396 g/mol. The fraction of sp³-hybridized carbons (Fsp3) is 0.208. The van der Waals surface area contributed by atoms with Crippen LogP contribution in [0.5, 0.6) is 11.5 Å². The maximum absolute atomic E-state index is 13.0. The molecular formula is C24H24N2O3S. The van der Waals surface area contributed by atoms with Crippen LogP contribution in [0.25, 0.3) is 0 Å². The summed E-state index contributed by atoms with van der Waals surface area (Å²) < 4.78 is 11.3. The van der Waals surface area contributed by atoms with E-state index in [-0.39, 0.29) is 11.4 Å². The molecule has 1 saturated heterocycles. The van der Waals surface area contributed by atoms with Crippen LogP contribution in [0.4, 0.5) is 10.5 Å². The fourth-order valence-electron chi connectivity index (χ4n) is 3.36. The van der Waals surface area contributed by atoms with Gasteiger partial charge in [0.05, 0.1) is 7.11 Å². The molecule has 0 radical (unpaired) electrons. The van der Waals surface area contributed by atoms with E-state index in [1.807, 2.05) is 83.8 Å². The molecule has 1 fully saturated rings. The molecule has 0 aliphatic carbocycles. The molecule has 5 nitrogen and oxygen atoms in total. The van der Waals surface area contributed by atoms with Gasteiger partial charge < -0.3 is 19.7 Å². The first-order chi connectivity index (χ1) is 14.7. The summed E-state index contributed by atoms with van der Waals surface area (Å²) in [6.45, 7) is 1.18. The quantitative estimate of drug-likeness (QED) is 0.568. The van der Waals surface area contributed by atoms with Crippen molar-refractivity contribution in [1.82, 2.24) is 4.90 Å². The van der Waals surface area contributed by atoms with Crippen LogP contribution < -0.4 is 14.8 Å². The Bertz CT molecular complexity index is 979. The molecule has 6 heteroatoms. The molecule has 3 aromatic rings. The SMILES string of the molecule is COc1ccc(NC(=O)N2CCS[C@H]2c2ccccc2OCc2ccccc2)cc1. The highest BCUT2D eigenvalue weighted by atomic mass is 32.2. The molecule has 1 atom stereocenters. The molecule has 2 amide bonds. The molecule has 4 rings (SSSR count). The lowest BCUT2D eigenvalue weighted by Gasteiger charge is -2.26. The average molecular weight is 421 g/mol. The number of hydrogen-bond donors (Lipinski definition) is 1. The highest BCUT2D eigenvalue weighted by Gasteiger charge is 2.32. The molecule has 1 N–H and O–H groups in total. The summed E-state index contributed by atoms with van der Waals surface area (Å²) in [4.78, 5) is 14.8. The van der Waals surface area contributed by atoms with Crippen molar-refractivity contribution in [2.75, 3.05) is 24.7 Å². The van der Waals surface area contributed by atoms with Gasteiger partial charge in [0.2, 0.25) is 0 Å². The maximum atomic E-state index is 13.0. The van der Waals surface area contributed by atoms with Gasteiger partial charge in [0, 0.05) is 23.5 Å². The Labute approximate surface area is 181 Å². The number of carbonyl (C=O) groups is 1. The first-order valence-corrected chi connectivity index (χ1v) is 10.9. The summed E-state index contributed by atoms with van der Waals surface area (Å²) in [7, 11) is 1.62. The van der Waals surface area contributed by atoms with Gasteiger partial charge in [-0.1, -0.05) is 48.5 Å². The number of hydrogen-bond acceptors (Lipinski definition) is 4. The maximum Gasteiger partial charge on any atom is 0.323 e. The molecule has 0 aromatic heterocycles. The highest BCUT2D eigenvalue weighted by Crippen LogP contribution is 2.42. The Morgan fingerprint density at radius 1 is 1.03 bits per heavy atom. The zero-order valence-corrected chi connectivity index (χ0v) is 17.6. The number of carbonyl (C=O) groups excluding carboxylic acids is 1. The van der Waals surface area contributed by atoms with Gasteiger partial charge in [-0.25, -0.2) is 4.79 Å². The first kappa shape index (κ1) is 20.2. The topological polar surface area (TPSA) is 50.8 Å². The van der Waals surface area contributed by atoms with Crippen LogP contribution in [0.2, 0.25) is 0 Å². The van der Waals surface area contributed by atoms with E-state index in [0.29, 0.717) is 13.2 Å². The van der Waals surface area contributed by atoms with Crippen LogP contribution in [0, 0.1) is 0 Å². The van der Waals surface area contributed by atoms with E-state index in [4.69, 9.17) is 9.47 Å². The van der Waals surface area contributed by atoms with E-state index in [9.17, 15) is 4.79 Å². The third-order valence-corrected chi connectivity index (χ3v) is 6.16. The Balaban J connectivity index is 1.48. The van der Waals surface area contributed by atoms with E-state index in [1.165, 1.54) is 0 Å². The second kappa shape index (κ2) is 9.59. The molecule has 0 saturated carbocycles. The average Bonchev–Trinajstić information content (AvgIpc) is 3.29. The summed E-state index contributed by atoms with van der Waals surface area (Å²) in [5, 5.41) is 2.90. The lowest BCUT2D eigenvalue weighted by atomic mass is 10.1. The number of nitrogens with one attached hydrogen (secondary N) is 1. The van der Waals surface area contributed by atoms with Gasteiger partial charge in [0.15, 0.2) is 0 Å².